The van der Waals surface area contributed by atoms with Crippen molar-refractivity contribution in [3.63, 3.8) is 0 Å². The minimum atomic E-state index is 0. The first-order valence-corrected chi connectivity index (χ1v) is 6.19. The number of anilines is 1. The lowest BCUT2D eigenvalue weighted by molar-refractivity contribution is 1.13. The Bertz CT molecular complexity index is 601. The summed E-state index contributed by atoms with van der Waals surface area (Å²) in [6, 6.07) is 3.69. The summed E-state index contributed by atoms with van der Waals surface area (Å²) >= 11 is 1.40. The molecule has 21 heavy (non-hydrogen) atoms. The van der Waals surface area contributed by atoms with Crippen LogP contribution in [-0.4, -0.2) is 23.0 Å². The number of hydrogen-bond acceptors (Lipinski definition) is 5. The average Bonchev–Trinajstić information content (AvgIpc) is 2.80. The summed E-state index contributed by atoms with van der Waals surface area (Å²) in [7, 11) is 1.71. The predicted octanol–water partition coefficient (Wildman–Crippen LogP) is 2.53. The zero-order valence-electron chi connectivity index (χ0n) is 11.4. The van der Waals surface area contributed by atoms with Crippen LogP contribution in [0.1, 0.15) is 5.56 Å². The Balaban J connectivity index is 0. The number of nitrogen functional groups attached to an aromatic ring is 1. The molecule has 0 aliphatic carbocycles. The number of nitrogens with two attached hydrogens (primary N) is 2. The largest absolute Gasteiger partial charge is 0.384 e. The molecule has 2 aromatic heterocycles. The Labute approximate surface area is 145 Å². The summed E-state index contributed by atoms with van der Waals surface area (Å²) in [5.41, 5.74) is 13.8. The standard InChI is InChI=1S/C11H14N6S.3ClH/c1-6-3-4-8(12)16-9(6)7-5-18-11(15-7)17-10(13)14-2;;;/h3-5H,1-2H3,(H2,12,16)(H3,13,14,15,17);3*1H. The maximum atomic E-state index is 5.68. The van der Waals surface area contributed by atoms with Crippen molar-refractivity contribution in [2.75, 3.05) is 12.8 Å². The average molecular weight is 372 g/mol. The first-order chi connectivity index (χ1) is 8.60. The van der Waals surface area contributed by atoms with Gasteiger partial charge in [0, 0.05) is 12.4 Å². The Kier molecular flexibility index (Phi) is 10.1. The van der Waals surface area contributed by atoms with Crippen LogP contribution in [0.3, 0.4) is 0 Å². The first kappa shape index (κ1) is 22.0. The van der Waals surface area contributed by atoms with E-state index in [4.69, 9.17) is 11.5 Å². The van der Waals surface area contributed by atoms with Crippen LogP contribution < -0.4 is 16.8 Å². The SMILES string of the molecule is CNC(N)=Nc1nc(-c2nc(N)ccc2C)cs1.Cl.Cl.Cl. The summed E-state index contributed by atoms with van der Waals surface area (Å²) in [5.74, 6) is 0.802. The van der Waals surface area contributed by atoms with Gasteiger partial charge >= 0.3 is 0 Å². The van der Waals surface area contributed by atoms with Crippen LogP contribution in [0, 0.1) is 6.92 Å². The van der Waals surface area contributed by atoms with E-state index in [1.165, 1.54) is 11.3 Å². The normalized spacial score (nSPS) is 9.90. The molecule has 2 heterocycles. The van der Waals surface area contributed by atoms with Crippen molar-refractivity contribution in [1.82, 2.24) is 15.3 Å². The molecule has 0 aromatic carbocycles. The lowest BCUT2D eigenvalue weighted by Crippen LogP contribution is -2.27. The zero-order valence-corrected chi connectivity index (χ0v) is 14.6. The van der Waals surface area contributed by atoms with Crippen molar-refractivity contribution in [2.45, 2.75) is 6.92 Å². The van der Waals surface area contributed by atoms with Gasteiger partial charge in [0.2, 0.25) is 5.13 Å². The van der Waals surface area contributed by atoms with Gasteiger partial charge in [-0.25, -0.2) is 9.97 Å². The number of aryl methyl sites for hydroxylation is 1. The number of halogens is 3. The number of hydrogen-bond donors (Lipinski definition) is 3. The van der Waals surface area contributed by atoms with Gasteiger partial charge < -0.3 is 16.8 Å². The summed E-state index contributed by atoms with van der Waals surface area (Å²) in [6.45, 7) is 1.96. The van der Waals surface area contributed by atoms with Crippen molar-refractivity contribution in [1.29, 1.82) is 0 Å². The van der Waals surface area contributed by atoms with Gasteiger partial charge in [0.15, 0.2) is 5.96 Å². The summed E-state index contributed by atoms with van der Waals surface area (Å²) in [4.78, 5) is 12.8. The van der Waals surface area contributed by atoms with Crippen LogP contribution >= 0.6 is 48.6 Å². The monoisotopic (exact) mass is 370 g/mol. The van der Waals surface area contributed by atoms with Crippen molar-refractivity contribution in [3.8, 4) is 11.4 Å². The van der Waals surface area contributed by atoms with Crippen LogP contribution in [0.25, 0.3) is 11.4 Å². The van der Waals surface area contributed by atoms with E-state index < -0.39 is 0 Å². The molecule has 0 spiro atoms. The molecule has 0 aliphatic rings. The Hall–Kier alpha value is -1.28. The number of thiazole rings is 1. The molecule has 5 N–H and O–H groups in total. The van der Waals surface area contributed by atoms with E-state index in [1.807, 2.05) is 18.4 Å². The minimum absolute atomic E-state index is 0. The van der Waals surface area contributed by atoms with E-state index in [-0.39, 0.29) is 37.2 Å². The maximum absolute atomic E-state index is 5.68. The highest BCUT2D eigenvalue weighted by Gasteiger charge is 2.09. The van der Waals surface area contributed by atoms with Crippen LogP contribution in [0.2, 0.25) is 0 Å². The molecule has 0 amide bonds. The highest BCUT2D eigenvalue weighted by molar-refractivity contribution is 7.13. The Morgan fingerprint density at radius 3 is 2.52 bits per heavy atom. The smallest absolute Gasteiger partial charge is 0.212 e. The van der Waals surface area contributed by atoms with Gasteiger partial charge in [0.05, 0.1) is 5.69 Å². The highest BCUT2D eigenvalue weighted by atomic mass is 35.5. The van der Waals surface area contributed by atoms with Gasteiger partial charge in [-0.15, -0.1) is 48.6 Å². The van der Waals surface area contributed by atoms with E-state index in [1.54, 1.807) is 13.1 Å². The van der Waals surface area contributed by atoms with Crippen LogP contribution in [-0.2, 0) is 0 Å². The van der Waals surface area contributed by atoms with E-state index in [0.717, 1.165) is 17.0 Å². The second kappa shape index (κ2) is 9.62. The number of aromatic nitrogens is 2. The van der Waals surface area contributed by atoms with E-state index in [2.05, 4.69) is 20.3 Å². The molecule has 0 saturated heterocycles. The number of aliphatic imine (C=N–C) groups is 1. The molecule has 10 heteroatoms. The molecule has 0 atom stereocenters. The molecular weight excluding hydrogens is 355 g/mol. The molecule has 0 unspecified atom stereocenters. The van der Waals surface area contributed by atoms with Gasteiger partial charge in [-0.1, -0.05) is 6.07 Å². The fourth-order valence-corrected chi connectivity index (χ4v) is 2.07. The summed E-state index contributed by atoms with van der Waals surface area (Å²) in [5, 5.41) is 5.21. The number of rotatable bonds is 2. The Morgan fingerprint density at radius 2 is 1.90 bits per heavy atom. The van der Waals surface area contributed by atoms with Crippen LogP contribution in [0.15, 0.2) is 22.5 Å². The van der Waals surface area contributed by atoms with Gasteiger partial charge in [-0.2, -0.15) is 4.99 Å². The second-order valence-corrected chi connectivity index (χ2v) is 4.50. The predicted molar refractivity (Wildman–Crippen MR) is 96.6 cm³/mol. The number of nitrogens with zero attached hydrogens (tertiary/aromatic N) is 3. The second-order valence-electron chi connectivity index (χ2n) is 3.66. The van der Waals surface area contributed by atoms with E-state index >= 15 is 0 Å². The molecule has 118 valence electrons. The van der Waals surface area contributed by atoms with E-state index in [0.29, 0.717) is 16.9 Å². The molecule has 0 fully saturated rings. The number of pyridine rings is 1. The topological polar surface area (TPSA) is 102 Å². The maximum Gasteiger partial charge on any atom is 0.212 e. The number of nitrogens with one attached hydrogen (secondary N) is 1. The van der Waals surface area contributed by atoms with Crippen molar-refractivity contribution in [3.05, 3.63) is 23.1 Å². The van der Waals surface area contributed by atoms with Crippen molar-refractivity contribution < 1.29 is 0 Å². The van der Waals surface area contributed by atoms with Gasteiger partial charge in [0.25, 0.3) is 0 Å². The molecule has 0 radical (unpaired) electrons. The number of guanidine groups is 1. The minimum Gasteiger partial charge on any atom is -0.384 e. The first-order valence-electron chi connectivity index (χ1n) is 5.31. The highest BCUT2D eigenvalue weighted by Crippen LogP contribution is 2.27. The Morgan fingerprint density at radius 1 is 1.24 bits per heavy atom. The van der Waals surface area contributed by atoms with Gasteiger partial charge in [-0.3, -0.25) is 0 Å². The molecule has 2 aromatic rings. The van der Waals surface area contributed by atoms with Crippen LogP contribution in [0.5, 0.6) is 0 Å². The third-order valence-electron chi connectivity index (χ3n) is 2.33. The molecule has 0 aliphatic heterocycles. The lowest BCUT2D eigenvalue weighted by Gasteiger charge is -2.02. The molecule has 2 rings (SSSR count). The van der Waals surface area contributed by atoms with Gasteiger partial charge in [-0.05, 0) is 18.6 Å². The lowest BCUT2D eigenvalue weighted by atomic mass is 10.2. The fraction of sp³-hybridized carbons (Fsp3) is 0.182. The van der Waals surface area contributed by atoms with E-state index in [9.17, 15) is 0 Å². The summed E-state index contributed by atoms with van der Waals surface area (Å²) < 4.78 is 0. The summed E-state index contributed by atoms with van der Waals surface area (Å²) in [6.07, 6.45) is 0. The third-order valence-corrected chi connectivity index (χ3v) is 3.06. The van der Waals surface area contributed by atoms with Gasteiger partial charge in [0.1, 0.15) is 11.5 Å². The van der Waals surface area contributed by atoms with Crippen molar-refractivity contribution in [2.24, 2.45) is 10.7 Å². The molecule has 6 nitrogen and oxygen atoms in total. The third kappa shape index (κ3) is 5.55. The quantitative estimate of drug-likeness (QED) is 0.556. The fourth-order valence-electron chi connectivity index (χ4n) is 1.39. The van der Waals surface area contributed by atoms with Crippen LogP contribution in [0.4, 0.5) is 10.9 Å². The molecular formula is C11H17Cl3N6S. The molecule has 0 saturated carbocycles. The van der Waals surface area contributed by atoms with Crippen molar-refractivity contribution >= 4 is 65.5 Å². The zero-order chi connectivity index (χ0) is 13.1. The molecule has 0 bridgehead atoms.